The van der Waals surface area contributed by atoms with Crippen molar-refractivity contribution >= 4 is 34.2 Å². The predicted molar refractivity (Wildman–Crippen MR) is 117 cm³/mol. The van der Waals surface area contributed by atoms with Crippen molar-refractivity contribution in [2.75, 3.05) is 5.32 Å². The van der Waals surface area contributed by atoms with E-state index in [4.69, 9.17) is 11.6 Å². The molecule has 0 bridgehead atoms. The number of nitrogens with one attached hydrogen (secondary N) is 1. The quantitative estimate of drug-likeness (QED) is 0.257. The number of amides is 1. The largest absolute Gasteiger partial charge is 0.487 e. The highest BCUT2D eigenvalue weighted by Gasteiger charge is 2.27. The third kappa shape index (κ3) is 4.93. The number of aromatic nitrogens is 4. The van der Waals surface area contributed by atoms with E-state index in [0.717, 1.165) is 0 Å². The van der Waals surface area contributed by atoms with Gasteiger partial charge < -0.3 is 14.6 Å². The predicted octanol–water partition coefficient (Wildman–Crippen LogP) is 5.87. The van der Waals surface area contributed by atoms with Crippen molar-refractivity contribution < 1.29 is 27.1 Å². The highest BCUT2D eigenvalue weighted by molar-refractivity contribution is 6.20. The van der Waals surface area contributed by atoms with E-state index >= 15 is 0 Å². The van der Waals surface area contributed by atoms with Gasteiger partial charge in [0, 0.05) is 41.2 Å². The van der Waals surface area contributed by atoms with Gasteiger partial charge in [0.05, 0.1) is 16.7 Å². The van der Waals surface area contributed by atoms with Gasteiger partial charge in [-0.1, -0.05) is 0 Å². The molecule has 2 aromatic heterocycles. The van der Waals surface area contributed by atoms with Crippen molar-refractivity contribution in [3.05, 3.63) is 66.1 Å². The van der Waals surface area contributed by atoms with Crippen LogP contribution in [-0.4, -0.2) is 31.2 Å². The molecule has 0 atom stereocenters. The Morgan fingerprint density at radius 1 is 1.21 bits per heavy atom. The molecule has 0 saturated heterocycles. The Hall–Kier alpha value is -3.73. The summed E-state index contributed by atoms with van der Waals surface area (Å²) >= 11 is 4.74. The summed E-state index contributed by atoms with van der Waals surface area (Å²) in [6.07, 6.45) is -1.35. The molecule has 7 nitrogen and oxygen atoms in total. The summed E-state index contributed by atoms with van der Waals surface area (Å²) in [6.45, 7) is 1.94. The van der Waals surface area contributed by atoms with Crippen molar-refractivity contribution in [1.29, 1.82) is 0 Å². The van der Waals surface area contributed by atoms with E-state index in [1.54, 1.807) is 19.1 Å². The zero-order chi connectivity index (χ0) is 24.5. The smallest absolute Gasteiger partial charge is 0.420 e. The van der Waals surface area contributed by atoms with Crippen LogP contribution in [0.2, 0.25) is 0 Å². The molecule has 1 amide bonds. The maximum absolute atomic E-state index is 13.6. The Kier molecular flexibility index (Phi) is 6.38. The van der Waals surface area contributed by atoms with Crippen LogP contribution < -0.4 is 10.1 Å². The van der Waals surface area contributed by atoms with Gasteiger partial charge in [-0.3, -0.25) is 4.79 Å². The fourth-order valence-corrected chi connectivity index (χ4v) is 3.58. The first kappa shape index (κ1) is 23.4. The Labute approximate surface area is 195 Å². The summed E-state index contributed by atoms with van der Waals surface area (Å²) in [6, 6.07) is 11.3. The zero-order valence-corrected chi connectivity index (χ0v) is 18.2. The highest BCUT2D eigenvalue weighted by atomic mass is 35.5. The molecule has 12 heteroatoms. The summed E-state index contributed by atoms with van der Waals surface area (Å²) in [4.78, 5) is 17.0. The number of rotatable bonds is 7. The van der Waals surface area contributed by atoms with Crippen LogP contribution in [0.3, 0.4) is 0 Å². The van der Waals surface area contributed by atoms with E-state index < -0.39 is 23.7 Å². The van der Waals surface area contributed by atoms with Gasteiger partial charge in [0.2, 0.25) is 0 Å². The normalized spacial score (nSPS) is 11.7. The molecule has 2 heterocycles. The molecule has 4 aromatic rings. The molecule has 0 radical (unpaired) electrons. The number of carbonyl (C=O) groups excluding carboxylic acids is 1. The monoisotopic (exact) mass is 493 g/mol. The van der Waals surface area contributed by atoms with Crippen molar-refractivity contribution in [2.45, 2.75) is 25.5 Å². The first-order valence-electron chi connectivity index (χ1n) is 9.94. The summed E-state index contributed by atoms with van der Waals surface area (Å²) < 4.78 is 58.4. The Morgan fingerprint density at radius 3 is 2.53 bits per heavy atom. The van der Waals surface area contributed by atoms with Crippen LogP contribution in [0.25, 0.3) is 22.3 Å². The lowest BCUT2D eigenvalue weighted by Crippen LogP contribution is -2.16. The number of nitrogens with zero attached hydrogens (tertiary/aromatic N) is 4. The minimum atomic E-state index is -3.87. The SMILES string of the molecule is CCn1c(C(F)F)nc2cc(C(=O)Nc3ccc(OC(F)(F)Cl)cc3)cc(-c3cccnn3)c21. The third-order valence-electron chi connectivity index (χ3n) is 4.84. The Bertz CT molecular complexity index is 1330. The first-order chi connectivity index (χ1) is 16.2. The molecular weight excluding hydrogens is 478 g/mol. The van der Waals surface area contributed by atoms with Gasteiger partial charge in [0.1, 0.15) is 5.75 Å². The van der Waals surface area contributed by atoms with E-state index in [1.165, 1.54) is 47.2 Å². The Balaban J connectivity index is 1.73. The number of fused-ring (bicyclic) bond motifs is 1. The molecule has 0 spiro atoms. The molecule has 0 fully saturated rings. The maximum Gasteiger partial charge on any atom is 0.487 e. The van der Waals surface area contributed by atoms with Crippen LogP contribution in [0.1, 0.15) is 29.5 Å². The number of halogens is 5. The van der Waals surface area contributed by atoms with Gasteiger partial charge in [-0.15, -0.1) is 8.78 Å². The van der Waals surface area contributed by atoms with E-state index in [-0.39, 0.29) is 29.1 Å². The molecule has 0 unspecified atom stereocenters. The van der Waals surface area contributed by atoms with Crippen molar-refractivity contribution in [2.24, 2.45) is 0 Å². The number of anilines is 1. The van der Waals surface area contributed by atoms with E-state index in [9.17, 15) is 22.4 Å². The molecule has 0 aliphatic rings. The van der Waals surface area contributed by atoms with Gasteiger partial charge in [0.25, 0.3) is 12.3 Å². The fourth-order valence-electron chi connectivity index (χ4n) is 3.49. The van der Waals surface area contributed by atoms with E-state index in [2.05, 4.69) is 25.2 Å². The number of aryl methyl sites for hydroxylation is 1. The Morgan fingerprint density at radius 2 is 1.94 bits per heavy atom. The number of hydrogen-bond donors (Lipinski definition) is 1. The number of hydrogen-bond acceptors (Lipinski definition) is 5. The van der Waals surface area contributed by atoms with Crippen LogP contribution in [0.15, 0.2) is 54.7 Å². The van der Waals surface area contributed by atoms with Gasteiger partial charge in [-0.2, -0.15) is 10.2 Å². The number of carbonyl (C=O) groups is 1. The third-order valence-corrected chi connectivity index (χ3v) is 4.92. The molecule has 176 valence electrons. The summed E-state index contributed by atoms with van der Waals surface area (Å²) in [5.74, 6) is -1.20. The van der Waals surface area contributed by atoms with Gasteiger partial charge in [-0.25, -0.2) is 13.8 Å². The van der Waals surface area contributed by atoms with Crippen molar-refractivity contribution in [3.63, 3.8) is 0 Å². The molecule has 1 N–H and O–H groups in total. The van der Waals surface area contributed by atoms with E-state index in [0.29, 0.717) is 16.8 Å². The lowest BCUT2D eigenvalue weighted by molar-refractivity contribution is -0.0964. The number of ether oxygens (including phenoxy) is 1. The molecule has 2 aromatic carbocycles. The average molecular weight is 494 g/mol. The maximum atomic E-state index is 13.6. The number of benzene rings is 2. The summed E-state index contributed by atoms with van der Waals surface area (Å²) in [7, 11) is 0. The second kappa shape index (κ2) is 9.26. The van der Waals surface area contributed by atoms with Gasteiger partial charge in [0.15, 0.2) is 5.82 Å². The molecule has 0 saturated carbocycles. The average Bonchev–Trinajstić information content (AvgIpc) is 3.18. The van der Waals surface area contributed by atoms with Crippen LogP contribution >= 0.6 is 11.6 Å². The van der Waals surface area contributed by atoms with Gasteiger partial charge in [-0.05, 0) is 55.5 Å². The van der Waals surface area contributed by atoms with E-state index in [1.807, 2.05) is 0 Å². The van der Waals surface area contributed by atoms with Crippen molar-refractivity contribution in [1.82, 2.24) is 19.7 Å². The van der Waals surface area contributed by atoms with Crippen LogP contribution in [0.5, 0.6) is 5.75 Å². The van der Waals surface area contributed by atoms with Crippen LogP contribution in [0, 0.1) is 0 Å². The van der Waals surface area contributed by atoms with Gasteiger partial charge >= 0.3 is 5.57 Å². The minimum Gasteiger partial charge on any atom is -0.420 e. The lowest BCUT2D eigenvalue weighted by atomic mass is 10.0. The van der Waals surface area contributed by atoms with Crippen molar-refractivity contribution in [3.8, 4) is 17.0 Å². The molecule has 4 rings (SSSR count). The zero-order valence-electron chi connectivity index (χ0n) is 17.5. The molecule has 0 aliphatic carbocycles. The fraction of sp³-hybridized carbons (Fsp3) is 0.182. The van der Waals surface area contributed by atoms with Crippen LogP contribution in [0.4, 0.5) is 23.2 Å². The first-order valence-corrected chi connectivity index (χ1v) is 10.3. The lowest BCUT2D eigenvalue weighted by Gasteiger charge is -2.12. The van der Waals surface area contributed by atoms with Crippen LogP contribution in [-0.2, 0) is 6.54 Å². The minimum absolute atomic E-state index is 0.127. The highest BCUT2D eigenvalue weighted by Crippen LogP contribution is 2.33. The summed E-state index contributed by atoms with van der Waals surface area (Å²) in [5, 5.41) is 10.5. The summed E-state index contributed by atoms with van der Waals surface area (Å²) in [5.41, 5.74) is -2.08. The molecule has 0 aliphatic heterocycles. The molecule has 34 heavy (non-hydrogen) atoms. The topological polar surface area (TPSA) is 81.9 Å². The number of imidazole rings is 1. The second-order valence-electron chi connectivity index (χ2n) is 7.04. The number of alkyl halides is 5. The standard InChI is InChI=1S/C22H16ClF4N5O2/c1-2-32-18-15(16-4-3-9-28-31-16)10-12(11-17(18)30-20(32)19(24)25)21(33)29-13-5-7-14(8-6-13)34-22(23,26)27/h3-11,19H,2H2,1H3,(H,29,33). The molecular formula is C22H16ClF4N5O2. The second-order valence-corrected chi connectivity index (χ2v) is 7.48.